The molecule has 0 radical (unpaired) electrons. The summed E-state index contributed by atoms with van der Waals surface area (Å²) in [7, 11) is 3.41. The molecule has 0 atom stereocenters. The molecule has 110 valence electrons. The number of methoxy groups -OCH3 is 1. The van der Waals surface area contributed by atoms with Gasteiger partial charge in [-0.1, -0.05) is 18.3 Å². The summed E-state index contributed by atoms with van der Waals surface area (Å²) in [6, 6.07) is 5.62. The van der Waals surface area contributed by atoms with E-state index in [0.717, 1.165) is 15.7 Å². The van der Waals surface area contributed by atoms with Crippen LogP contribution in [0.1, 0.15) is 5.56 Å². The lowest BCUT2D eigenvalue weighted by Crippen LogP contribution is -2.37. The van der Waals surface area contributed by atoms with E-state index < -0.39 is 0 Å². The molecule has 0 fully saturated rings. The van der Waals surface area contributed by atoms with Crippen molar-refractivity contribution in [1.82, 2.24) is 5.32 Å². The molecule has 0 saturated carbocycles. The first kappa shape index (κ1) is 16.9. The summed E-state index contributed by atoms with van der Waals surface area (Å²) in [6.07, 6.45) is 0. The van der Waals surface area contributed by atoms with Crippen LogP contribution in [0.5, 0.6) is 0 Å². The molecule has 0 aromatic heterocycles. The van der Waals surface area contributed by atoms with Crippen LogP contribution >= 0.6 is 28.1 Å². The van der Waals surface area contributed by atoms with Crippen LogP contribution in [0.15, 0.2) is 22.7 Å². The number of benzene rings is 1. The minimum atomic E-state index is -0.0848. The number of nitrogens with two attached hydrogens (primary N) is 1. The van der Waals surface area contributed by atoms with Crippen LogP contribution in [0.2, 0.25) is 0 Å². The maximum absolute atomic E-state index is 11.8. The van der Waals surface area contributed by atoms with Crippen molar-refractivity contribution < 1.29 is 9.53 Å². The Kier molecular flexibility index (Phi) is 6.90. The van der Waals surface area contributed by atoms with Crippen molar-refractivity contribution in [2.45, 2.75) is 0 Å². The highest BCUT2D eigenvalue weighted by Crippen LogP contribution is 2.27. The standard InChI is InChI=1S/C13H18BrN3O2S/c1-17(8-11(18)16-6-7-19-2)10-5-3-4-9(14)12(10)13(15)20/h3-5H,6-8H2,1-2H3,(H2,15,20)(H,16,18). The molecule has 1 amide bonds. The molecule has 0 spiro atoms. The van der Waals surface area contributed by atoms with Gasteiger partial charge in [0.25, 0.3) is 0 Å². The molecule has 1 aromatic carbocycles. The van der Waals surface area contributed by atoms with Crippen molar-refractivity contribution in [1.29, 1.82) is 0 Å². The van der Waals surface area contributed by atoms with Gasteiger partial charge in [0.2, 0.25) is 5.91 Å². The molecule has 0 unspecified atom stereocenters. The number of thiocarbonyl (C=S) groups is 1. The second kappa shape index (κ2) is 8.18. The van der Waals surface area contributed by atoms with Gasteiger partial charge in [0.1, 0.15) is 4.99 Å². The number of likely N-dealkylation sites (N-methyl/N-ethyl adjacent to an activating group) is 1. The Balaban J connectivity index is 2.77. The van der Waals surface area contributed by atoms with E-state index in [4.69, 9.17) is 22.7 Å². The number of halogens is 1. The Morgan fingerprint density at radius 1 is 1.55 bits per heavy atom. The lowest BCUT2D eigenvalue weighted by Gasteiger charge is -2.22. The minimum Gasteiger partial charge on any atom is -0.389 e. The lowest BCUT2D eigenvalue weighted by atomic mass is 10.1. The van der Waals surface area contributed by atoms with Gasteiger partial charge in [0.15, 0.2) is 0 Å². The number of hydrogen-bond acceptors (Lipinski definition) is 4. The first-order chi connectivity index (χ1) is 9.47. The topological polar surface area (TPSA) is 67.6 Å². The van der Waals surface area contributed by atoms with Gasteiger partial charge >= 0.3 is 0 Å². The van der Waals surface area contributed by atoms with Crippen molar-refractivity contribution in [2.75, 3.05) is 38.8 Å². The Labute approximate surface area is 132 Å². The normalized spacial score (nSPS) is 10.2. The highest BCUT2D eigenvalue weighted by Gasteiger charge is 2.14. The molecule has 0 saturated heterocycles. The molecule has 1 aromatic rings. The second-order valence-electron chi connectivity index (χ2n) is 4.20. The fourth-order valence-corrected chi connectivity index (χ4v) is 2.64. The van der Waals surface area contributed by atoms with Gasteiger partial charge in [-0.05, 0) is 28.1 Å². The predicted octanol–water partition coefficient (Wildman–Crippen LogP) is 1.28. The third kappa shape index (κ3) is 4.73. The summed E-state index contributed by atoms with van der Waals surface area (Å²) in [4.78, 5) is 13.9. The van der Waals surface area contributed by atoms with Gasteiger partial charge in [-0.3, -0.25) is 4.79 Å². The van der Waals surface area contributed by atoms with Crippen LogP contribution in [0.4, 0.5) is 5.69 Å². The third-order valence-corrected chi connectivity index (χ3v) is 3.52. The third-order valence-electron chi connectivity index (χ3n) is 2.66. The van der Waals surface area contributed by atoms with Crippen LogP contribution in [0.25, 0.3) is 0 Å². The molecule has 0 heterocycles. The van der Waals surface area contributed by atoms with Crippen molar-refractivity contribution in [3.8, 4) is 0 Å². The first-order valence-corrected chi connectivity index (χ1v) is 7.22. The number of anilines is 1. The van der Waals surface area contributed by atoms with Crippen LogP contribution in [-0.2, 0) is 9.53 Å². The molecule has 7 heteroatoms. The number of nitrogens with one attached hydrogen (secondary N) is 1. The summed E-state index contributed by atoms with van der Waals surface area (Å²) < 4.78 is 5.69. The Morgan fingerprint density at radius 3 is 2.85 bits per heavy atom. The summed E-state index contributed by atoms with van der Waals surface area (Å²) >= 11 is 8.48. The SMILES string of the molecule is COCCNC(=O)CN(C)c1cccc(Br)c1C(N)=S. The van der Waals surface area contributed by atoms with Crippen molar-refractivity contribution in [3.05, 3.63) is 28.2 Å². The highest BCUT2D eigenvalue weighted by molar-refractivity contribution is 9.10. The predicted molar refractivity (Wildman–Crippen MR) is 88.2 cm³/mol. The number of nitrogens with zero attached hydrogens (tertiary/aromatic N) is 1. The van der Waals surface area contributed by atoms with Gasteiger partial charge < -0.3 is 20.7 Å². The van der Waals surface area contributed by atoms with Crippen LogP contribution < -0.4 is 16.0 Å². The summed E-state index contributed by atoms with van der Waals surface area (Å²) in [6.45, 7) is 1.20. The zero-order valence-corrected chi connectivity index (χ0v) is 13.9. The number of ether oxygens (including phenoxy) is 1. The Hall–Kier alpha value is -1.18. The fourth-order valence-electron chi connectivity index (χ4n) is 1.72. The summed E-state index contributed by atoms with van der Waals surface area (Å²) in [5.41, 5.74) is 7.28. The fraction of sp³-hybridized carbons (Fsp3) is 0.385. The zero-order chi connectivity index (χ0) is 15.1. The summed E-state index contributed by atoms with van der Waals surface area (Å²) in [5.74, 6) is -0.0848. The molecule has 20 heavy (non-hydrogen) atoms. The van der Waals surface area contributed by atoms with E-state index in [1.807, 2.05) is 25.2 Å². The monoisotopic (exact) mass is 359 g/mol. The van der Waals surface area contributed by atoms with E-state index in [1.165, 1.54) is 0 Å². The molecule has 1 rings (SSSR count). The lowest BCUT2D eigenvalue weighted by molar-refractivity contribution is -0.119. The quantitative estimate of drug-likeness (QED) is 0.567. The molecule has 0 aliphatic heterocycles. The van der Waals surface area contributed by atoms with Gasteiger partial charge in [-0.2, -0.15) is 0 Å². The van der Waals surface area contributed by atoms with Gasteiger partial charge in [0.05, 0.1) is 13.2 Å². The van der Waals surface area contributed by atoms with Crippen LogP contribution in [0, 0.1) is 0 Å². The Morgan fingerprint density at radius 2 is 2.25 bits per heavy atom. The van der Waals surface area contributed by atoms with E-state index in [0.29, 0.717) is 18.1 Å². The average Bonchev–Trinajstić information content (AvgIpc) is 2.38. The van der Waals surface area contributed by atoms with Gasteiger partial charge in [-0.15, -0.1) is 0 Å². The van der Waals surface area contributed by atoms with Crippen LogP contribution in [0.3, 0.4) is 0 Å². The molecule has 0 aliphatic rings. The molecular weight excluding hydrogens is 342 g/mol. The van der Waals surface area contributed by atoms with E-state index in [9.17, 15) is 4.79 Å². The first-order valence-electron chi connectivity index (χ1n) is 6.02. The summed E-state index contributed by atoms with van der Waals surface area (Å²) in [5, 5.41) is 2.77. The smallest absolute Gasteiger partial charge is 0.239 e. The molecule has 3 N–H and O–H groups in total. The number of amides is 1. The minimum absolute atomic E-state index is 0.0848. The van der Waals surface area contributed by atoms with E-state index in [1.54, 1.807) is 12.0 Å². The maximum Gasteiger partial charge on any atom is 0.239 e. The zero-order valence-electron chi connectivity index (χ0n) is 11.5. The van der Waals surface area contributed by atoms with Crippen molar-refractivity contribution in [2.24, 2.45) is 5.73 Å². The maximum atomic E-state index is 11.8. The molecule has 0 aliphatic carbocycles. The number of rotatable bonds is 7. The van der Waals surface area contributed by atoms with E-state index in [2.05, 4.69) is 21.2 Å². The molecule has 5 nitrogen and oxygen atoms in total. The molecule has 0 bridgehead atoms. The van der Waals surface area contributed by atoms with E-state index in [-0.39, 0.29) is 12.5 Å². The Bertz CT molecular complexity index is 497. The van der Waals surface area contributed by atoms with Gasteiger partial charge in [0, 0.05) is 36.4 Å². The van der Waals surface area contributed by atoms with Crippen molar-refractivity contribution in [3.63, 3.8) is 0 Å². The average molecular weight is 360 g/mol. The van der Waals surface area contributed by atoms with Crippen LogP contribution in [-0.4, -0.2) is 44.7 Å². The number of hydrogen-bond donors (Lipinski definition) is 2. The highest BCUT2D eigenvalue weighted by atomic mass is 79.9. The van der Waals surface area contributed by atoms with Gasteiger partial charge in [-0.25, -0.2) is 0 Å². The number of carbonyl (C=O) groups is 1. The second-order valence-corrected chi connectivity index (χ2v) is 5.49. The van der Waals surface area contributed by atoms with E-state index >= 15 is 0 Å². The largest absolute Gasteiger partial charge is 0.389 e. The number of carbonyl (C=O) groups excluding carboxylic acids is 1. The molecular formula is C13H18BrN3O2S. The van der Waals surface area contributed by atoms with Crippen molar-refractivity contribution >= 4 is 44.7 Å².